The zero-order valence-electron chi connectivity index (χ0n) is 17.6. The van der Waals surface area contributed by atoms with Gasteiger partial charge in [-0.1, -0.05) is 18.2 Å². The van der Waals surface area contributed by atoms with Crippen molar-refractivity contribution in [2.45, 2.75) is 32.4 Å². The van der Waals surface area contributed by atoms with E-state index in [1.54, 1.807) is 24.4 Å². The van der Waals surface area contributed by atoms with E-state index < -0.39 is 24.0 Å². The molecule has 166 valence electrons. The monoisotopic (exact) mass is 437 g/mol. The molecule has 0 saturated heterocycles. The highest BCUT2D eigenvalue weighted by atomic mass is 16.7. The number of benzene rings is 2. The predicted molar refractivity (Wildman–Crippen MR) is 116 cm³/mol. The number of anilines is 1. The van der Waals surface area contributed by atoms with E-state index in [4.69, 9.17) is 14.2 Å². The maximum Gasteiger partial charge on any atom is 0.329 e. The molecule has 9 heteroatoms. The molecule has 3 N–H and O–H groups in total. The van der Waals surface area contributed by atoms with Crippen molar-refractivity contribution >= 4 is 34.4 Å². The zero-order valence-corrected chi connectivity index (χ0v) is 17.6. The van der Waals surface area contributed by atoms with Crippen LogP contribution in [0.25, 0.3) is 10.9 Å². The van der Waals surface area contributed by atoms with Crippen LogP contribution in [-0.2, 0) is 25.5 Å². The van der Waals surface area contributed by atoms with E-state index >= 15 is 0 Å². The van der Waals surface area contributed by atoms with Gasteiger partial charge in [0.15, 0.2) is 17.6 Å². The Bertz CT molecular complexity index is 1170. The number of carbonyl (C=O) groups is 3. The number of carbonyl (C=O) groups excluding carboxylic acids is 3. The second-order valence-electron chi connectivity index (χ2n) is 7.45. The van der Waals surface area contributed by atoms with Crippen molar-refractivity contribution in [3.05, 3.63) is 54.2 Å². The number of rotatable bonds is 7. The standard InChI is InChI=1S/C23H23N3O6/c1-13(22(28)26-16-7-8-20-21(10-16)31-12-30-20)32-23(29)19(25-14(2)27)9-15-11-24-18-6-4-3-5-17(15)18/h3-8,10-11,13,19,24H,9,12H2,1-2H3,(H,25,27)(H,26,28)/t13-,19+/m0/s1. The molecule has 2 heterocycles. The zero-order chi connectivity index (χ0) is 22.7. The fraction of sp³-hybridized carbons (Fsp3) is 0.261. The summed E-state index contributed by atoms with van der Waals surface area (Å²) >= 11 is 0. The summed E-state index contributed by atoms with van der Waals surface area (Å²) in [6.07, 6.45) is 0.939. The highest BCUT2D eigenvalue weighted by Gasteiger charge is 2.27. The van der Waals surface area contributed by atoms with Crippen molar-refractivity contribution in [2.24, 2.45) is 0 Å². The normalized spacial score (nSPS) is 13.9. The van der Waals surface area contributed by atoms with Crippen LogP contribution in [0, 0.1) is 0 Å². The first-order valence-electron chi connectivity index (χ1n) is 10.1. The van der Waals surface area contributed by atoms with Gasteiger partial charge in [-0.15, -0.1) is 0 Å². The average Bonchev–Trinajstić information content (AvgIpc) is 3.39. The lowest BCUT2D eigenvalue weighted by Gasteiger charge is -2.20. The van der Waals surface area contributed by atoms with Crippen LogP contribution in [-0.4, -0.2) is 41.7 Å². The van der Waals surface area contributed by atoms with Crippen molar-refractivity contribution in [3.8, 4) is 11.5 Å². The first kappa shape index (κ1) is 21.2. The van der Waals surface area contributed by atoms with Gasteiger partial charge in [0.1, 0.15) is 6.04 Å². The molecule has 0 aliphatic carbocycles. The van der Waals surface area contributed by atoms with Gasteiger partial charge in [0, 0.05) is 42.2 Å². The summed E-state index contributed by atoms with van der Waals surface area (Å²) in [5, 5.41) is 6.25. The Morgan fingerprint density at radius 2 is 1.91 bits per heavy atom. The summed E-state index contributed by atoms with van der Waals surface area (Å²) in [6.45, 7) is 2.92. The summed E-state index contributed by atoms with van der Waals surface area (Å²) in [5.41, 5.74) is 2.27. The fourth-order valence-corrected chi connectivity index (χ4v) is 3.49. The van der Waals surface area contributed by atoms with Crippen molar-refractivity contribution in [2.75, 3.05) is 12.1 Å². The van der Waals surface area contributed by atoms with Gasteiger partial charge in [0.25, 0.3) is 5.91 Å². The first-order chi connectivity index (χ1) is 15.4. The van der Waals surface area contributed by atoms with Crippen molar-refractivity contribution in [3.63, 3.8) is 0 Å². The quantitative estimate of drug-likeness (QED) is 0.489. The van der Waals surface area contributed by atoms with Crippen molar-refractivity contribution in [1.29, 1.82) is 0 Å². The third kappa shape index (κ3) is 4.66. The van der Waals surface area contributed by atoms with E-state index in [1.165, 1.54) is 13.8 Å². The van der Waals surface area contributed by atoms with Gasteiger partial charge in [-0.2, -0.15) is 0 Å². The average molecular weight is 437 g/mol. The minimum absolute atomic E-state index is 0.127. The number of fused-ring (bicyclic) bond motifs is 2. The van der Waals surface area contributed by atoms with Crippen LogP contribution in [0.15, 0.2) is 48.7 Å². The lowest BCUT2D eigenvalue weighted by molar-refractivity contribution is -0.156. The molecular weight excluding hydrogens is 414 g/mol. The van der Waals surface area contributed by atoms with Crippen LogP contribution in [0.5, 0.6) is 11.5 Å². The molecule has 32 heavy (non-hydrogen) atoms. The van der Waals surface area contributed by atoms with E-state index in [-0.39, 0.29) is 19.1 Å². The lowest BCUT2D eigenvalue weighted by Crippen LogP contribution is -2.44. The molecule has 0 fully saturated rings. The molecule has 9 nitrogen and oxygen atoms in total. The number of esters is 1. The van der Waals surface area contributed by atoms with Crippen LogP contribution in [0.4, 0.5) is 5.69 Å². The molecule has 2 amide bonds. The Morgan fingerprint density at radius 3 is 2.72 bits per heavy atom. The van der Waals surface area contributed by atoms with E-state index in [1.807, 2.05) is 24.3 Å². The summed E-state index contributed by atoms with van der Waals surface area (Å²) in [7, 11) is 0. The minimum Gasteiger partial charge on any atom is -0.454 e. The molecule has 4 rings (SSSR count). The number of aromatic amines is 1. The van der Waals surface area contributed by atoms with Crippen LogP contribution in [0.2, 0.25) is 0 Å². The number of ether oxygens (including phenoxy) is 3. The Morgan fingerprint density at radius 1 is 1.12 bits per heavy atom. The molecule has 0 spiro atoms. The highest BCUT2D eigenvalue weighted by molar-refractivity contribution is 5.96. The number of hydrogen-bond donors (Lipinski definition) is 3. The molecule has 0 saturated carbocycles. The Kier molecular flexibility index (Phi) is 5.98. The first-order valence-corrected chi connectivity index (χ1v) is 10.1. The van der Waals surface area contributed by atoms with Crippen molar-refractivity contribution < 1.29 is 28.6 Å². The Hall–Kier alpha value is -4.01. The second-order valence-corrected chi connectivity index (χ2v) is 7.45. The number of amides is 2. The van der Waals surface area contributed by atoms with Gasteiger partial charge < -0.3 is 29.8 Å². The summed E-state index contributed by atoms with van der Waals surface area (Å²) in [5.74, 6) is -0.455. The molecule has 0 unspecified atom stereocenters. The van der Waals surface area contributed by atoms with Crippen LogP contribution >= 0.6 is 0 Å². The number of hydrogen-bond acceptors (Lipinski definition) is 6. The van der Waals surface area contributed by atoms with Gasteiger partial charge >= 0.3 is 5.97 Å². The smallest absolute Gasteiger partial charge is 0.329 e. The topological polar surface area (TPSA) is 119 Å². The molecular formula is C23H23N3O6. The SMILES string of the molecule is CC(=O)N[C@H](Cc1c[nH]c2ccccc12)C(=O)O[C@@H](C)C(=O)Nc1ccc2c(c1)OCO2. The van der Waals surface area contributed by atoms with E-state index in [0.717, 1.165) is 16.5 Å². The third-order valence-electron chi connectivity index (χ3n) is 5.06. The number of para-hydroxylation sites is 1. The highest BCUT2D eigenvalue weighted by Crippen LogP contribution is 2.34. The third-order valence-corrected chi connectivity index (χ3v) is 5.06. The Labute approximate surface area is 184 Å². The Balaban J connectivity index is 1.41. The molecule has 1 aromatic heterocycles. The lowest BCUT2D eigenvalue weighted by atomic mass is 10.0. The summed E-state index contributed by atoms with van der Waals surface area (Å²) in [6, 6.07) is 11.7. The van der Waals surface area contributed by atoms with E-state index in [9.17, 15) is 14.4 Å². The second kappa shape index (κ2) is 9.01. The van der Waals surface area contributed by atoms with Crippen LogP contribution < -0.4 is 20.1 Å². The molecule has 1 aliphatic heterocycles. The number of aromatic nitrogens is 1. The van der Waals surface area contributed by atoms with Gasteiger partial charge in [0.05, 0.1) is 0 Å². The van der Waals surface area contributed by atoms with E-state index in [0.29, 0.717) is 17.2 Å². The van der Waals surface area contributed by atoms with Gasteiger partial charge in [0.2, 0.25) is 12.7 Å². The van der Waals surface area contributed by atoms with Crippen LogP contribution in [0.3, 0.4) is 0 Å². The largest absolute Gasteiger partial charge is 0.454 e. The minimum atomic E-state index is -1.08. The molecule has 0 bridgehead atoms. The molecule has 2 atom stereocenters. The molecule has 1 aliphatic rings. The fourth-order valence-electron chi connectivity index (χ4n) is 3.49. The predicted octanol–water partition coefficient (Wildman–Crippen LogP) is 2.51. The van der Waals surface area contributed by atoms with Crippen LogP contribution in [0.1, 0.15) is 19.4 Å². The molecule has 3 aromatic rings. The van der Waals surface area contributed by atoms with Gasteiger partial charge in [-0.25, -0.2) is 4.79 Å². The van der Waals surface area contributed by atoms with E-state index in [2.05, 4.69) is 15.6 Å². The van der Waals surface area contributed by atoms with Gasteiger partial charge in [-0.05, 0) is 30.7 Å². The maximum absolute atomic E-state index is 12.8. The maximum atomic E-state index is 12.8. The number of H-pyrrole nitrogens is 1. The molecule has 0 radical (unpaired) electrons. The van der Waals surface area contributed by atoms with Crippen molar-refractivity contribution in [1.82, 2.24) is 10.3 Å². The molecule has 2 aromatic carbocycles. The summed E-state index contributed by atoms with van der Waals surface area (Å²) in [4.78, 5) is 40.1. The number of nitrogens with one attached hydrogen (secondary N) is 3. The summed E-state index contributed by atoms with van der Waals surface area (Å²) < 4.78 is 15.9. The van der Waals surface area contributed by atoms with Gasteiger partial charge in [-0.3, -0.25) is 9.59 Å².